The summed E-state index contributed by atoms with van der Waals surface area (Å²) in [5.74, 6) is -0.454. The van der Waals surface area contributed by atoms with Gasteiger partial charge in [0.25, 0.3) is 0 Å². The predicted octanol–water partition coefficient (Wildman–Crippen LogP) is 3.49. The summed E-state index contributed by atoms with van der Waals surface area (Å²) in [6, 6.07) is 12.5. The van der Waals surface area contributed by atoms with Crippen LogP contribution in [-0.4, -0.2) is 32.9 Å². The van der Waals surface area contributed by atoms with Gasteiger partial charge in [0, 0.05) is 32.4 Å². The number of halogens is 1. The minimum absolute atomic E-state index is 0.0995. The summed E-state index contributed by atoms with van der Waals surface area (Å²) in [5.41, 5.74) is 1.95. The van der Waals surface area contributed by atoms with Gasteiger partial charge < -0.3 is 4.90 Å². The summed E-state index contributed by atoms with van der Waals surface area (Å²) < 4.78 is 40.2. The quantitative estimate of drug-likeness (QED) is 0.801. The minimum Gasteiger partial charge on any atom is -0.378 e. The zero-order chi connectivity index (χ0) is 17.9. The van der Waals surface area contributed by atoms with Gasteiger partial charge in [0.15, 0.2) is 0 Å². The highest BCUT2D eigenvalue weighted by molar-refractivity contribution is 7.89. The van der Waals surface area contributed by atoms with Crippen molar-refractivity contribution in [2.75, 3.05) is 19.0 Å². The van der Waals surface area contributed by atoms with E-state index in [0.29, 0.717) is 0 Å². The van der Waals surface area contributed by atoms with E-state index >= 15 is 0 Å². The van der Waals surface area contributed by atoms with Crippen LogP contribution in [0.4, 0.5) is 10.1 Å². The normalized spacial score (nSPS) is 12.0. The number of anilines is 1. The van der Waals surface area contributed by atoms with Crippen LogP contribution in [0.15, 0.2) is 53.4 Å². The number of sulfonamides is 1. The van der Waals surface area contributed by atoms with Gasteiger partial charge in [-0.25, -0.2) is 12.8 Å². The first-order valence-electron chi connectivity index (χ1n) is 7.75. The number of rotatable bonds is 6. The van der Waals surface area contributed by atoms with E-state index in [9.17, 15) is 12.8 Å². The van der Waals surface area contributed by atoms with Gasteiger partial charge in [-0.1, -0.05) is 12.1 Å². The molecule has 0 radical (unpaired) electrons. The lowest BCUT2D eigenvalue weighted by molar-refractivity contribution is 0.348. The van der Waals surface area contributed by atoms with Crippen LogP contribution >= 0.6 is 0 Å². The van der Waals surface area contributed by atoms with Crippen molar-refractivity contribution in [3.63, 3.8) is 0 Å². The molecule has 2 aromatic rings. The van der Waals surface area contributed by atoms with Crippen molar-refractivity contribution in [2.45, 2.75) is 31.3 Å². The topological polar surface area (TPSA) is 40.6 Å². The summed E-state index contributed by atoms with van der Waals surface area (Å²) in [7, 11) is 0.220. The van der Waals surface area contributed by atoms with Gasteiger partial charge in [-0.3, -0.25) is 0 Å². The molecule has 0 unspecified atom stereocenters. The van der Waals surface area contributed by atoms with Crippen LogP contribution in [0.5, 0.6) is 0 Å². The average molecular weight is 350 g/mol. The Bertz CT molecular complexity index is 770. The van der Waals surface area contributed by atoms with E-state index in [1.54, 1.807) is 0 Å². The van der Waals surface area contributed by atoms with Crippen LogP contribution in [0.1, 0.15) is 19.4 Å². The van der Waals surface area contributed by atoms with Gasteiger partial charge in [-0.15, -0.1) is 0 Å². The highest BCUT2D eigenvalue weighted by Gasteiger charge is 2.27. The predicted molar refractivity (Wildman–Crippen MR) is 95.0 cm³/mol. The van der Waals surface area contributed by atoms with Gasteiger partial charge in [0.1, 0.15) is 5.82 Å². The van der Waals surface area contributed by atoms with Gasteiger partial charge in [-0.05, 0) is 55.8 Å². The highest BCUT2D eigenvalue weighted by atomic mass is 32.2. The molecule has 0 heterocycles. The molecule has 0 aliphatic rings. The fourth-order valence-electron chi connectivity index (χ4n) is 2.37. The Balaban J connectivity index is 2.30. The second-order valence-corrected chi connectivity index (χ2v) is 8.05. The van der Waals surface area contributed by atoms with Crippen molar-refractivity contribution in [1.29, 1.82) is 0 Å². The Hall–Kier alpha value is -1.92. The summed E-state index contributed by atoms with van der Waals surface area (Å²) in [4.78, 5) is 2.08. The Morgan fingerprint density at radius 2 is 1.50 bits per heavy atom. The zero-order valence-corrected chi connectivity index (χ0v) is 15.2. The van der Waals surface area contributed by atoms with E-state index in [1.807, 2.05) is 57.1 Å². The molecule has 0 spiro atoms. The molecule has 2 aromatic carbocycles. The van der Waals surface area contributed by atoms with Crippen LogP contribution in [0.2, 0.25) is 0 Å². The number of benzene rings is 2. The average Bonchev–Trinajstić information content (AvgIpc) is 2.53. The fourth-order valence-corrected chi connectivity index (χ4v) is 3.99. The molecule has 0 saturated heterocycles. The monoisotopic (exact) mass is 350 g/mol. The molecule has 0 aliphatic carbocycles. The van der Waals surface area contributed by atoms with E-state index in [0.717, 1.165) is 23.4 Å². The third-order valence-corrected chi connectivity index (χ3v) is 5.82. The molecule has 130 valence electrons. The Morgan fingerprint density at radius 3 is 1.96 bits per heavy atom. The standard InChI is InChI=1S/C18H23FN2O2S/c1-14(2)21(13-15-5-9-17(10-6-15)20(3)4)24(22,23)18-11-7-16(19)8-12-18/h5-12,14H,13H2,1-4H3. The van der Waals surface area contributed by atoms with Crippen molar-refractivity contribution in [3.05, 3.63) is 59.9 Å². The molecule has 0 aromatic heterocycles. The SMILES string of the molecule is CC(C)N(Cc1ccc(N(C)C)cc1)S(=O)(=O)c1ccc(F)cc1. The van der Waals surface area contributed by atoms with Gasteiger partial charge in [-0.2, -0.15) is 4.31 Å². The van der Waals surface area contributed by atoms with Crippen molar-refractivity contribution >= 4 is 15.7 Å². The maximum Gasteiger partial charge on any atom is 0.243 e. The van der Waals surface area contributed by atoms with Crippen LogP contribution in [0.25, 0.3) is 0 Å². The van der Waals surface area contributed by atoms with Crippen molar-refractivity contribution in [1.82, 2.24) is 4.31 Å². The Morgan fingerprint density at radius 1 is 0.958 bits per heavy atom. The second-order valence-electron chi connectivity index (χ2n) is 6.16. The summed E-state index contributed by atoms with van der Waals surface area (Å²) in [5, 5.41) is 0. The minimum atomic E-state index is -3.69. The third kappa shape index (κ3) is 4.13. The maximum absolute atomic E-state index is 13.1. The third-order valence-electron chi connectivity index (χ3n) is 3.79. The molecule has 0 N–H and O–H groups in total. The number of nitrogens with zero attached hydrogens (tertiary/aromatic N) is 2. The van der Waals surface area contributed by atoms with Crippen molar-refractivity contribution < 1.29 is 12.8 Å². The van der Waals surface area contributed by atoms with Gasteiger partial charge in [0.05, 0.1) is 4.90 Å². The Kier molecular flexibility index (Phi) is 5.62. The smallest absolute Gasteiger partial charge is 0.243 e. The molecule has 0 saturated carbocycles. The Labute approximate surface area is 143 Å². The summed E-state index contributed by atoms with van der Waals surface area (Å²) >= 11 is 0. The fraction of sp³-hybridized carbons (Fsp3) is 0.333. The van der Waals surface area contributed by atoms with Crippen LogP contribution < -0.4 is 4.90 Å². The van der Waals surface area contributed by atoms with E-state index in [1.165, 1.54) is 16.4 Å². The molecule has 0 amide bonds. The molecular formula is C18H23FN2O2S. The van der Waals surface area contributed by atoms with E-state index in [2.05, 4.69) is 0 Å². The van der Waals surface area contributed by atoms with E-state index in [-0.39, 0.29) is 17.5 Å². The molecule has 0 bridgehead atoms. The molecule has 4 nitrogen and oxygen atoms in total. The lowest BCUT2D eigenvalue weighted by Gasteiger charge is -2.26. The molecular weight excluding hydrogens is 327 g/mol. The molecule has 6 heteroatoms. The number of hydrogen-bond donors (Lipinski definition) is 0. The first kappa shape index (κ1) is 18.4. The first-order valence-corrected chi connectivity index (χ1v) is 9.19. The molecule has 0 atom stereocenters. The zero-order valence-electron chi connectivity index (χ0n) is 14.4. The first-order chi connectivity index (χ1) is 11.2. The largest absolute Gasteiger partial charge is 0.378 e. The summed E-state index contributed by atoms with van der Waals surface area (Å²) in [6.07, 6.45) is 0. The van der Waals surface area contributed by atoms with Gasteiger partial charge in [0.2, 0.25) is 10.0 Å². The van der Waals surface area contributed by atoms with Gasteiger partial charge >= 0.3 is 0 Å². The lowest BCUT2D eigenvalue weighted by atomic mass is 10.2. The maximum atomic E-state index is 13.1. The van der Waals surface area contributed by atoms with E-state index < -0.39 is 15.8 Å². The second kappa shape index (κ2) is 7.32. The van der Waals surface area contributed by atoms with Crippen LogP contribution in [0.3, 0.4) is 0 Å². The molecule has 0 fully saturated rings. The molecule has 24 heavy (non-hydrogen) atoms. The van der Waals surface area contributed by atoms with E-state index in [4.69, 9.17) is 0 Å². The molecule has 0 aliphatic heterocycles. The molecule has 2 rings (SSSR count). The van der Waals surface area contributed by atoms with Crippen molar-refractivity contribution in [3.8, 4) is 0 Å². The highest BCUT2D eigenvalue weighted by Crippen LogP contribution is 2.22. The van der Waals surface area contributed by atoms with Crippen LogP contribution in [0, 0.1) is 5.82 Å². The number of hydrogen-bond acceptors (Lipinski definition) is 3. The lowest BCUT2D eigenvalue weighted by Crippen LogP contribution is -2.36. The summed E-state index contributed by atoms with van der Waals surface area (Å²) in [6.45, 7) is 3.93. The van der Waals surface area contributed by atoms with Crippen molar-refractivity contribution in [2.24, 2.45) is 0 Å². The van der Waals surface area contributed by atoms with Crippen LogP contribution in [-0.2, 0) is 16.6 Å².